The lowest BCUT2D eigenvalue weighted by Crippen LogP contribution is -2.32. The predicted molar refractivity (Wildman–Crippen MR) is 105 cm³/mol. The Kier molecular flexibility index (Phi) is 5.39. The van der Waals surface area contributed by atoms with Crippen molar-refractivity contribution in [3.63, 3.8) is 0 Å². The van der Waals surface area contributed by atoms with Crippen molar-refractivity contribution in [3.8, 4) is 5.75 Å². The molecule has 0 fully saturated rings. The summed E-state index contributed by atoms with van der Waals surface area (Å²) >= 11 is 0. The number of rotatable bonds is 6. The third kappa shape index (κ3) is 4.40. The van der Waals surface area contributed by atoms with Gasteiger partial charge in [-0.15, -0.1) is 0 Å². The van der Waals surface area contributed by atoms with E-state index in [0.29, 0.717) is 19.7 Å². The maximum atomic E-state index is 12.3. The number of amides is 1. The van der Waals surface area contributed by atoms with Gasteiger partial charge in [-0.05, 0) is 35.2 Å². The minimum atomic E-state index is -0.242. The molecule has 2 aromatic carbocycles. The van der Waals surface area contributed by atoms with E-state index >= 15 is 0 Å². The van der Waals surface area contributed by atoms with Crippen LogP contribution >= 0.6 is 0 Å². The summed E-state index contributed by atoms with van der Waals surface area (Å²) in [5.74, 6) is 0.0551. The number of aromatic hydroxyl groups is 1. The lowest BCUT2D eigenvalue weighted by Gasteiger charge is -2.22. The van der Waals surface area contributed by atoms with Crippen molar-refractivity contribution < 1.29 is 14.6 Å². The Balaban J connectivity index is 1.38. The maximum Gasteiger partial charge on any atom is 0.224 e. The van der Waals surface area contributed by atoms with E-state index in [4.69, 9.17) is 9.84 Å². The molecular weight excluding hydrogens is 354 g/mol. The van der Waals surface area contributed by atoms with Gasteiger partial charge >= 0.3 is 0 Å². The smallest absolute Gasteiger partial charge is 0.224 e. The van der Waals surface area contributed by atoms with Crippen molar-refractivity contribution in [3.05, 3.63) is 83.2 Å². The Morgan fingerprint density at radius 3 is 2.82 bits per heavy atom. The van der Waals surface area contributed by atoms with Crippen LogP contribution in [-0.4, -0.2) is 33.9 Å². The highest BCUT2D eigenvalue weighted by molar-refractivity contribution is 5.78. The van der Waals surface area contributed by atoms with Gasteiger partial charge in [0.15, 0.2) is 0 Å². The van der Waals surface area contributed by atoms with Crippen molar-refractivity contribution in [1.29, 1.82) is 0 Å². The molecule has 144 valence electrons. The lowest BCUT2D eigenvalue weighted by molar-refractivity contribution is -0.121. The number of nitrogens with one attached hydrogen (secondary N) is 1. The Bertz CT molecular complexity index is 953. The van der Waals surface area contributed by atoms with E-state index < -0.39 is 0 Å². The molecule has 2 heterocycles. The standard InChI is InChI=1S/C22H23N3O3/c26-19-8-4-7-17(11-19)12-21(27)23-13-20-22-18(9-10-28-20)15-25(24-22)14-16-5-2-1-3-6-16/h1-8,11,15,20,26H,9-10,12-14H2,(H,23,27)/t20-/m1/s1. The van der Waals surface area contributed by atoms with E-state index in [0.717, 1.165) is 17.7 Å². The Morgan fingerprint density at radius 1 is 1.18 bits per heavy atom. The number of phenolic OH excluding ortho intramolecular Hbond substituents is 1. The van der Waals surface area contributed by atoms with Crippen LogP contribution in [0, 0.1) is 0 Å². The molecule has 1 atom stereocenters. The number of benzene rings is 2. The van der Waals surface area contributed by atoms with E-state index in [1.165, 1.54) is 11.1 Å². The van der Waals surface area contributed by atoms with Crippen LogP contribution in [0.4, 0.5) is 0 Å². The molecule has 28 heavy (non-hydrogen) atoms. The van der Waals surface area contributed by atoms with Gasteiger partial charge in [-0.2, -0.15) is 5.10 Å². The molecule has 1 amide bonds. The van der Waals surface area contributed by atoms with Crippen LogP contribution in [0.25, 0.3) is 0 Å². The number of hydrogen-bond acceptors (Lipinski definition) is 4. The summed E-state index contributed by atoms with van der Waals surface area (Å²) in [7, 11) is 0. The fourth-order valence-corrected chi connectivity index (χ4v) is 3.46. The fourth-order valence-electron chi connectivity index (χ4n) is 3.46. The normalized spacial score (nSPS) is 15.8. The molecule has 0 saturated heterocycles. The van der Waals surface area contributed by atoms with Crippen molar-refractivity contribution in [1.82, 2.24) is 15.1 Å². The van der Waals surface area contributed by atoms with Gasteiger partial charge in [-0.3, -0.25) is 9.48 Å². The zero-order chi connectivity index (χ0) is 19.3. The topological polar surface area (TPSA) is 76.4 Å². The summed E-state index contributed by atoms with van der Waals surface area (Å²) in [4.78, 5) is 12.3. The van der Waals surface area contributed by atoms with Crippen molar-refractivity contribution in [2.45, 2.75) is 25.5 Å². The first-order valence-electron chi connectivity index (χ1n) is 9.44. The molecule has 2 N–H and O–H groups in total. The number of phenols is 1. The van der Waals surface area contributed by atoms with Gasteiger partial charge in [-0.25, -0.2) is 0 Å². The third-order valence-corrected chi connectivity index (χ3v) is 4.81. The van der Waals surface area contributed by atoms with Crippen LogP contribution in [0.5, 0.6) is 5.75 Å². The van der Waals surface area contributed by atoms with Crippen LogP contribution in [0.15, 0.2) is 60.8 Å². The monoisotopic (exact) mass is 377 g/mol. The number of fused-ring (bicyclic) bond motifs is 1. The SMILES string of the molecule is O=C(Cc1cccc(O)c1)NC[C@H]1OCCc2cn(Cc3ccccc3)nc21. The maximum absolute atomic E-state index is 12.3. The van der Waals surface area contributed by atoms with E-state index in [1.807, 2.05) is 28.9 Å². The largest absolute Gasteiger partial charge is 0.508 e. The summed E-state index contributed by atoms with van der Waals surface area (Å²) < 4.78 is 7.80. The second-order valence-corrected chi connectivity index (χ2v) is 6.98. The molecule has 0 unspecified atom stereocenters. The molecule has 1 aliphatic heterocycles. The van der Waals surface area contributed by atoms with E-state index in [2.05, 4.69) is 23.6 Å². The molecule has 1 aromatic heterocycles. The van der Waals surface area contributed by atoms with E-state index in [9.17, 15) is 9.90 Å². The van der Waals surface area contributed by atoms with Gasteiger partial charge in [0.05, 0.1) is 25.3 Å². The van der Waals surface area contributed by atoms with Gasteiger partial charge in [0.2, 0.25) is 5.91 Å². The first kappa shape index (κ1) is 18.3. The predicted octanol–water partition coefficient (Wildman–Crippen LogP) is 2.61. The fraction of sp³-hybridized carbons (Fsp3) is 0.273. The highest BCUT2D eigenvalue weighted by atomic mass is 16.5. The molecule has 0 aliphatic carbocycles. The number of carbonyl (C=O) groups excluding carboxylic acids is 1. The van der Waals surface area contributed by atoms with Gasteiger partial charge in [0, 0.05) is 12.7 Å². The molecular formula is C22H23N3O3. The van der Waals surface area contributed by atoms with Crippen molar-refractivity contribution in [2.24, 2.45) is 0 Å². The summed E-state index contributed by atoms with van der Waals surface area (Å²) in [6.07, 6.45) is 2.88. The Hall–Kier alpha value is -3.12. The molecule has 6 nitrogen and oxygen atoms in total. The molecule has 0 spiro atoms. The van der Waals surface area contributed by atoms with Crippen LogP contribution in [0.3, 0.4) is 0 Å². The van der Waals surface area contributed by atoms with Crippen LogP contribution in [0.1, 0.15) is 28.5 Å². The van der Waals surface area contributed by atoms with Crippen LogP contribution in [-0.2, 0) is 28.9 Å². The summed E-state index contributed by atoms with van der Waals surface area (Å²) in [6.45, 7) is 1.72. The summed E-state index contributed by atoms with van der Waals surface area (Å²) in [5.41, 5.74) is 4.04. The van der Waals surface area contributed by atoms with Crippen LogP contribution < -0.4 is 5.32 Å². The van der Waals surface area contributed by atoms with Gasteiger partial charge in [0.25, 0.3) is 0 Å². The molecule has 4 rings (SSSR count). The quantitative estimate of drug-likeness (QED) is 0.692. The molecule has 6 heteroatoms. The number of ether oxygens (including phenoxy) is 1. The number of aromatic nitrogens is 2. The lowest BCUT2D eigenvalue weighted by atomic mass is 10.1. The molecule has 3 aromatic rings. The van der Waals surface area contributed by atoms with Gasteiger partial charge < -0.3 is 15.2 Å². The average Bonchev–Trinajstić information content (AvgIpc) is 3.10. The van der Waals surface area contributed by atoms with Gasteiger partial charge in [-0.1, -0.05) is 42.5 Å². The highest BCUT2D eigenvalue weighted by Crippen LogP contribution is 2.25. The highest BCUT2D eigenvalue weighted by Gasteiger charge is 2.25. The zero-order valence-electron chi connectivity index (χ0n) is 15.5. The number of carbonyl (C=O) groups is 1. The number of hydrogen-bond donors (Lipinski definition) is 2. The first-order valence-corrected chi connectivity index (χ1v) is 9.44. The number of nitrogens with zero attached hydrogens (tertiary/aromatic N) is 2. The minimum absolute atomic E-state index is 0.106. The minimum Gasteiger partial charge on any atom is -0.508 e. The van der Waals surface area contributed by atoms with Gasteiger partial charge in [0.1, 0.15) is 11.9 Å². The second kappa shape index (κ2) is 8.27. The van der Waals surface area contributed by atoms with E-state index in [1.54, 1.807) is 18.2 Å². The van der Waals surface area contributed by atoms with Crippen LogP contribution in [0.2, 0.25) is 0 Å². The average molecular weight is 377 g/mol. The second-order valence-electron chi connectivity index (χ2n) is 6.98. The first-order chi connectivity index (χ1) is 13.7. The Morgan fingerprint density at radius 2 is 2.00 bits per heavy atom. The summed E-state index contributed by atoms with van der Waals surface area (Å²) in [6, 6.07) is 16.9. The molecule has 0 saturated carbocycles. The van der Waals surface area contributed by atoms with Crippen molar-refractivity contribution >= 4 is 5.91 Å². The summed E-state index contributed by atoms with van der Waals surface area (Å²) in [5, 5.41) is 17.1. The van der Waals surface area contributed by atoms with Crippen molar-refractivity contribution in [2.75, 3.05) is 13.2 Å². The Labute approximate surface area is 163 Å². The zero-order valence-corrected chi connectivity index (χ0v) is 15.5. The third-order valence-electron chi connectivity index (χ3n) is 4.81. The molecule has 1 aliphatic rings. The van der Waals surface area contributed by atoms with E-state index in [-0.39, 0.29) is 24.2 Å². The molecule has 0 bridgehead atoms. The molecule has 0 radical (unpaired) electrons.